The predicted octanol–water partition coefficient (Wildman–Crippen LogP) is 8.43. The van der Waals surface area contributed by atoms with Crippen molar-refractivity contribution in [3.05, 3.63) is 125 Å². The first kappa shape index (κ1) is 42.8. The molecule has 3 fully saturated rings. The summed E-state index contributed by atoms with van der Waals surface area (Å²) in [4.78, 5) is 12.5. The number of fused-ring (bicyclic) bond motifs is 6. The molecule has 0 aromatic heterocycles. The molecule has 4 heterocycles. The minimum atomic E-state index is -4.11. The summed E-state index contributed by atoms with van der Waals surface area (Å²) in [6.45, 7) is 11.2. The second kappa shape index (κ2) is 15.6. The van der Waals surface area contributed by atoms with E-state index in [9.17, 15) is 33.7 Å². The lowest BCUT2D eigenvalue weighted by Crippen LogP contribution is -2.58. The molecule has 7 atom stereocenters. The number of morpholine rings is 1. The van der Waals surface area contributed by atoms with Gasteiger partial charge in [0, 0.05) is 18.4 Å². The van der Waals surface area contributed by atoms with E-state index in [1.807, 2.05) is 71.9 Å². The Morgan fingerprint density at radius 1 is 0.862 bits per heavy atom. The van der Waals surface area contributed by atoms with Gasteiger partial charge in [-0.1, -0.05) is 76.2 Å². The van der Waals surface area contributed by atoms with E-state index in [-0.39, 0.29) is 69.9 Å². The van der Waals surface area contributed by atoms with Gasteiger partial charge in [0.15, 0.2) is 5.60 Å². The quantitative estimate of drug-likeness (QED) is 0.0513. The number of hydrogen-bond donors (Lipinski definition) is 3. The number of hydroxylamine groups is 3. The summed E-state index contributed by atoms with van der Waals surface area (Å²) in [6, 6.07) is 19.3. The van der Waals surface area contributed by atoms with E-state index in [1.54, 1.807) is 43.4 Å². The van der Waals surface area contributed by atoms with Crippen LogP contribution in [0.25, 0.3) is 0 Å². The normalized spacial score (nSPS) is 26.4. The van der Waals surface area contributed by atoms with Crippen LogP contribution in [0.3, 0.4) is 0 Å². The summed E-state index contributed by atoms with van der Waals surface area (Å²) in [5, 5.41) is 43.9. The van der Waals surface area contributed by atoms with Crippen LogP contribution in [0, 0.1) is 19.1 Å². The molecule has 4 aromatic rings. The second-order valence-corrected chi connectivity index (χ2v) is 19.7. The molecule has 310 valence electrons. The van der Waals surface area contributed by atoms with Crippen molar-refractivity contribution < 1.29 is 46.8 Å². The van der Waals surface area contributed by atoms with Gasteiger partial charge in [0.25, 0.3) is 10.1 Å². The van der Waals surface area contributed by atoms with E-state index in [0.717, 1.165) is 5.56 Å². The van der Waals surface area contributed by atoms with Crippen molar-refractivity contribution in [1.29, 1.82) is 0 Å². The first-order valence-electron chi connectivity index (χ1n) is 19.5. The topological polar surface area (TPSA) is 166 Å². The average Bonchev–Trinajstić information content (AvgIpc) is 3.90. The number of aliphatic hydroxyl groups excluding tert-OH is 1. The zero-order valence-corrected chi connectivity index (χ0v) is 37.4. The number of halogens is 2. The van der Waals surface area contributed by atoms with Crippen LogP contribution in [0.1, 0.15) is 103 Å². The van der Waals surface area contributed by atoms with Crippen LogP contribution in [0.4, 0.5) is 0 Å². The Morgan fingerprint density at radius 2 is 1.34 bits per heavy atom. The molecule has 4 aliphatic heterocycles. The molecule has 0 radical (unpaired) electrons. The third kappa shape index (κ3) is 7.00. The molecular weight excluding hydrogens is 894 g/mol. The maximum Gasteiger partial charge on any atom is 0.316 e. The maximum atomic E-state index is 13.4. The summed E-state index contributed by atoms with van der Waals surface area (Å²) < 4.78 is 44.9. The lowest BCUT2D eigenvalue weighted by molar-refractivity contribution is -0.911. The van der Waals surface area contributed by atoms with Crippen LogP contribution in [-0.4, -0.2) is 78.4 Å². The van der Waals surface area contributed by atoms with Crippen molar-refractivity contribution in [2.45, 2.75) is 113 Å². The van der Waals surface area contributed by atoms with Gasteiger partial charge in [-0.2, -0.15) is 8.42 Å². The number of aliphatic hydroxyl groups is 1. The molecule has 58 heavy (non-hydrogen) atoms. The van der Waals surface area contributed by atoms with Gasteiger partial charge in [0.05, 0.1) is 22.6 Å². The molecule has 3 N–H and O–H groups in total. The zero-order valence-electron chi connectivity index (χ0n) is 33.4. The van der Waals surface area contributed by atoms with Gasteiger partial charge in [-0.05, 0) is 115 Å². The lowest BCUT2D eigenvalue weighted by atomic mass is 9.75. The molecule has 0 saturated carbocycles. The molecule has 4 aromatic carbocycles. The fourth-order valence-electron chi connectivity index (χ4n) is 9.13. The van der Waals surface area contributed by atoms with Crippen LogP contribution in [-0.2, 0) is 34.2 Å². The van der Waals surface area contributed by atoms with Gasteiger partial charge >= 0.3 is 5.97 Å². The molecule has 2 bridgehead atoms. The highest BCUT2D eigenvalue weighted by molar-refractivity contribution is 9.11. The number of carbonyl (C=O) groups excluding carboxylic acids is 1. The Bertz CT molecular complexity index is 2280. The predicted molar refractivity (Wildman–Crippen MR) is 225 cm³/mol. The largest absolute Gasteiger partial charge is 0.632 e. The number of esters is 1. The highest BCUT2D eigenvalue weighted by atomic mass is 79.9. The van der Waals surface area contributed by atoms with Crippen LogP contribution < -0.4 is 0 Å². The van der Waals surface area contributed by atoms with Gasteiger partial charge in [0.1, 0.15) is 52.7 Å². The monoisotopic (exact) mass is 941 g/mol. The molecule has 8 rings (SSSR count). The van der Waals surface area contributed by atoms with Crippen LogP contribution in [0.15, 0.2) is 80.6 Å². The van der Waals surface area contributed by atoms with Crippen LogP contribution >= 0.6 is 31.9 Å². The van der Waals surface area contributed by atoms with Crippen molar-refractivity contribution >= 4 is 47.9 Å². The smallest absolute Gasteiger partial charge is 0.316 e. The number of ether oxygens (including phenoxy) is 2. The van der Waals surface area contributed by atoms with Crippen molar-refractivity contribution in [2.24, 2.45) is 0 Å². The second-order valence-electron chi connectivity index (χ2n) is 16.6. The van der Waals surface area contributed by atoms with E-state index in [2.05, 4.69) is 31.9 Å². The minimum Gasteiger partial charge on any atom is -0.632 e. The molecule has 0 amide bonds. The molecule has 4 aliphatic rings. The highest BCUT2D eigenvalue weighted by Gasteiger charge is 2.69. The van der Waals surface area contributed by atoms with Crippen molar-refractivity contribution in [1.82, 2.24) is 0 Å². The Morgan fingerprint density at radius 3 is 1.83 bits per heavy atom. The fraction of sp³-hybridized carbons (Fsp3) is 0.432. The summed E-state index contributed by atoms with van der Waals surface area (Å²) in [5.41, 5.74) is 3.58. The van der Waals surface area contributed by atoms with Crippen LogP contribution in [0.5, 0.6) is 11.5 Å². The Hall–Kier alpha value is -3.34. The highest BCUT2D eigenvalue weighted by Crippen LogP contribution is 2.56. The number of nitrogens with zero attached hydrogens (tertiary/aromatic N) is 1. The Labute approximate surface area is 356 Å². The number of rotatable bonds is 8. The molecule has 0 aliphatic carbocycles. The number of hydrogen-bond acceptors (Lipinski definition) is 10. The number of quaternary nitrogens is 1. The standard InChI is InChI=1S/C27H28Br2O5S.C17H21NO5/c1-13(2)17-11-20(15(5)23(28)25(17)30)27(19-9-7-8-10-22(19)35(32,33)34-27)21-12-18(14(3)4)26(31)24(29)16(21)6;1-18(21)13-7-11(8-14(18)16-15(13)23-16)22-17(20)12(9-19)10-5-3-2-4-6-10/h7-14,30-31H,1-6H3;2-6,11-16,19H,7-9H2,1H3/t;11?,12-,13-,14+,15-,16+,18?/m.1/s1. The fourth-order valence-corrected chi connectivity index (χ4v) is 11.4. The summed E-state index contributed by atoms with van der Waals surface area (Å²) in [6.07, 6.45) is 0.891. The summed E-state index contributed by atoms with van der Waals surface area (Å²) in [5.74, 6) is -0.909. The van der Waals surface area contributed by atoms with Gasteiger partial charge < -0.3 is 34.6 Å². The van der Waals surface area contributed by atoms with Crippen molar-refractivity contribution in [2.75, 3.05) is 13.7 Å². The molecular formula is C44H49Br2NO10S. The number of carbonyl (C=O) groups is 1. The Balaban J connectivity index is 0.000000192. The third-order valence-corrected chi connectivity index (χ3v) is 15.7. The average molecular weight is 944 g/mol. The third-order valence-electron chi connectivity index (χ3n) is 12.4. The molecule has 2 unspecified atom stereocenters. The summed E-state index contributed by atoms with van der Waals surface area (Å²) in [7, 11) is -2.41. The van der Waals surface area contributed by atoms with Gasteiger partial charge in [0.2, 0.25) is 0 Å². The van der Waals surface area contributed by atoms with E-state index >= 15 is 0 Å². The first-order valence-corrected chi connectivity index (χ1v) is 22.5. The first-order chi connectivity index (χ1) is 27.3. The minimum absolute atomic E-state index is 0.0326. The number of phenolic OH excluding ortho intramolecular Hbond substituents is 2. The number of epoxide rings is 1. The Kier molecular flexibility index (Phi) is 11.5. The molecule has 14 heteroatoms. The zero-order chi connectivity index (χ0) is 42.2. The van der Waals surface area contributed by atoms with Crippen molar-refractivity contribution in [3.63, 3.8) is 0 Å². The lowest BCUT2D eigenvalue weighted by Gasteiger charge is -2.51. The van der Waals surface area contributed by atoms with Crippen molar-refractivity contribution in [3.8, 4) is 11.5 Å². The SMILES string of the molecule is C[N+]1([O-])[C@@H]2CC(OC(=O)[C@H](CO)c3ccccc3)C[C@H]1[C@@H]1O[C@@H]12.Cc1c(C2(c3cc(C(C)C)c(O)c(Br)c3C)OS(=O)(=O)c3ccccc32)cc(C(C)C)c(O)c1Br. The van der Waals surface area contributed by atoms with Gasteiger partial charge in [-0.3, -0.25) is 4.79 Å². The number of phenols is 2. The van der Waals surface area contributed by atoms with Gasteiger partial charge in [-0.15, -0.1) is 0 Å². The number of aromatic hydroxyl groups is 2. The van der Waals surface area contributed by atoms with E-state index in [0.29, 0.717) is 60.7 Å². The van der Waals surface area contributed by atoms with Gasteiger partial charge in [-0.25, -0.2) is 4.18 Å². The van der Waals surface area contributed by atoms with E-state index < -0.39 is 27.6 Å². The molecule has 0 spiro atoms. The molecule has 3 saturated heterocycles. The number of benzene rings is 4. The number of piperidine rings is 1. The van der Waals surface area contributed by atoms with E-state index in [4.69, 9.17) is 13.7 Å². The summed E-state index contributed by atoms with van der Waals surface area (Å²) >= 11 is 7.08. The molecule has 11 nitrogen and oxygen atoms in total. The number of likely N-dealkylation sites (N-methyl/N-ethyl adjacent to an activating group) is 1. The van der Waals surface area contributed by atoms with Crippen LogP contribution in [0.2, 0.25) is 0 Å². The maximum absolute atomic E-state index is 13.4. The van der Waals surface area contributed by atoms with E-state index in [1.165, 1.54) is 0 Å².